The molecular weight excluding hydrogens is 272 g/mol. The number of pyridine rings is 1. The molecule has 0 fully saturated rings. The second kappa shape index (κ2) is 5.39. The summed E-state index contributed by atoms with van der Waals surface area (Å²) in [6, 6.07) is 5.39. The predicted molar refractivity (Wildman–Crippen MR) is 65.2 cm³/mol. The molecule has 20 heavy (non-hydrogen) atoms. The SMILES string of the molecule is O=C(Nc1ccc(F)c([N+](=O)[O-])c1)c1cccnc1F. The quantitative estimate of drug-likeness (QED) is 0.531. The molecule has 1 amide bonds. The van der Waals surface area contributed by atoms with Crippen molar-refractivity contribution in [3.8, 4) is 0 Å². The Morgan fingerprint density at radius 2 is 2.05 bits per heavy atom. The normalized spacial score (nSPS) is 10.1. The van der Waals surface area contributed by atoms with Crippen molar-refractivity contribution in [2.45, 2.75) is 0 Å². The van der Waals surface area contributed by atoms with Crippen LogP contribution < -0.4 is 5.32 Å². The van der Waals surface area contributed by atoms with E-state index in [0.717, 1.165) is 18.2 Å². The number of nitrogens with one attached hydrogen (secondary N) is 1. The van der Waals surface area contributed by atoms with Gasteiger partial charge in [0.25, 0.3) is 5.91 Å². The van der Waals surface area contributed by atoms with Crippen LogP contribution in [-0.4, -0.2) is 15.8 Å². The largest absolute Gasteiger partial charge is 0.322 e. The minimum absolute atomic E-state index is 0.0219. The standard InChI is InChI=1S/C12H7F2N3O3/c13-9-4-3-7(6-10(9)17(19)20)16-12(18)8-2-1-5-15-11(8)14/h1-6H,(H,16,18). The van der Waals surface area contributed by atoms with Crippen LogP contribution in [0.15, 0.2) is 36.5 Å². The number of benzene rings is 1. The molecule has 1 aromatic carbocycles. The van der Waals surface area contributed by atoms with Crippen molar-refractivity contribution >= 4 is 17.3 Å². The Balaban J connectivity index is 2.27. The summed E-state index contributed by atoms with van der Waals surface area (Å²) < 4.78 is 26.4. The topological polar surface area (TPSA) is 85.1 Å². The average Bonchev–Trinajstić information content (AvgIpc) is 2.41. The molecule has 0 bridgehead atoms. The molecule has 0 aliphatic heterocycles. The monoisotopic (exact) mass is 279 g/mol. The molecule has 2 aromatic rings. The lowest BCUT2D eigenvalue weighted by Crippen LogP contribution is -2.14. The minimum atomic E-state index is -1.03. The molecule has 0 saturated carbocycles. The van der Waals surface area contributed by atoms with Gasteiger partial charge in [-0.15, -0.1) is 0 Å². The van der Waals surface area contributed by atoms with E-state index in [1.54, 1.807) is 0 Å². The maximum Gasteiger partial charge on any atom is 0.306 e. The molecule has 0 radical (unpaired) electrons. The fraction of sp³-hybridized carbons (Fsp3) is 0. The Morgan fingerprint density at radius 3 is 2.70 bits per heavy atom. The first-order chi connectivity index (χ1) is 9.49. The van der Waals surface area contributed by atoms with Crippen molar-refractivity contribution in [3.63, 3.8) is 0 Å². The first-order valence-corrected chi connectivity index (χ1v) is 5.35. The number of halogens is 2. The van der Waals surface area contributed by atoms with Gasteiger partial charge < -0.3 is 5.32 Å². The van der Waals surface area contributed by atoms with E-state index >= 15 is 0 Å². The molecular formula is C12H7F2N3O3. The third kappa shape index (κ3) is 2.74. The average molecular weight is 279 g/mol. The Hall–Kier alpha value is -2.90. The van der Waals surface area contributed by atoms with Crippen LogP contribution in [0.1, 0.15) is 10.4 Å². The number of carbonyl (C=O) groups is 1. The molecule has 0 aliphatic rings. The molecule has 0 atom stereocenters. The van der Waals surface area contributed by atoms with E-state index in [9.17, 15) is 23.7 Å². The molecule has 0 aliphatic carbocycles. The van der Waals surface area contributed by atoms with Crippen molar-refractivity contribution in [3.05, 3.63) is 64.0 Å². The van der Waals surface area contributed by atoms with E-state index in [2.05, 4.69) is 10.3 Å². The molecule has 0 spiro atoms. The van der Waals surface area contributed by atoms with E-state index in [1.165, 1.54) is 18.3 Å². The van der Waals surface area contributed by atoms with Gasteiger partial charge in [0, 0.05) is 18.0 Å². The van der Waals surface area contributed by atoms with Crippen molar-refractivity contribution in [2.24, 2.45) is 0 Å². The zero-order valence-electron chi connectivity index (χ0n) is 9.84. The molecule has 102 valence electrons. The molecule has 1 aromatic heterocycles. The zero-order valence-corrected chi connectivity index (χ0v) is 9.84. The molecule has 1 heterocycles. The minimum Gasteiger partial charge on any atom is -0.322 e. The summed E-state index contributed by atoms with van der Waals surface area (Å²) in [6.07, 6.45) is 1.18. The number of rotatable bonds is 3. The Labute approximate surface area is 111 Å². The lowest BCUT2D eigenvalue weighted by molar-refractivity contribution is -0.387. The molecule has 6 nitrogen and oxygen atoms in total. The molecule has 2 rings (SSSR count). The van der Waals surface area contributed by atoms with Crippen molar-refractivity contribution in [2.75, 3.05) is 5.32 Å². The van der Waals surface area contributed by atoms with Gasteiger partial charge in [0.15, 0.2) is 0 Å². The second-order valence-corrected chi connectivity index (χ2v) is 3.72. The van der Waals surface area contributed by atoms with Gasteiger partial charge in [-0.05, 0) is 24.3 Å². The van der Waals surface area contributed by atoms with E-state index in [1.807, 2.05) is 0 Å². The Morgan fingerprint density at radius 1 is 1.30 bits per heavy atom. The number of anilines is 1. The molecule has 8 heteroatoms. The number of aromatic nitrogens is 1. The van der Waals surface area contributed by atoms with Crippen molar-refractivity contribution in [1.29, 1.82) is 0 Å². The first kappa shape index (κ1) is 13.5. The summed E-state index contributed by atoms with van der Waals surface area (Å²) in [4.78, 5) is 24.7. The van der Waals surface area contributed by atoms with E-state index in [4.69, 9.17) is 0 Å². The van der Waals surface area contributed by atoms with Gasteiger partial charge >= 0.3 is 5.69 Å². The molecule has 0 saturated heterocycles. The van der Waals surface area contributed by atoms with Crippen LogP contribution in [0.5, 0.6) is 0 Å². The number of amides is 1. The van der Waals surface area contributed by atoms with Gasteiger partial charge in [-0.3, -0.25) is 14.9 Å². The highest BCUT2D eigenvalue weighted by molar-refractivity contribution is 6.04. The number of nitro groups is 1. The number of nitro benzene ring substituents is 1. The Kier molecular flexibility index (Phi) is 3.65. The van der Waals surface area contributed by atoms with Crippen LogP contribution >= 0.6 is 0 Å². The lowest BCUT2D eigenvalue weighted by atomic mass is 10.2. The van der Waals surface area contributed by atoms with Gasteiger partial charge in [-0.25, -0.2) is 4.98 Å². The third-order valence-electron chi connectivity index (χ3n) is 2.40. The van der Waals surface area contributed by atoms with E-state index in [-0.39, 0.29) is 11.3 Å². The smallest absolute Gasteiger partial charge is 0.306 e. The highest BCUT2D eigenvalue weighted by Crippen LogP contribution is 2.22. The van der Waals surface area contributed by atoms with Gasteiger partial charge in [-0.2, -0.15) is 8.78 Å². The summed E-state index contributed by atoms with van der Waals surface area (Å²) >= 11 is 0. The van der Waals surface area contributed by atoms with Gasteiger partial charge in [0.2, 0.25) is 11.8 Å². The maximum atomic E-state index is 13.3. The van der Waals surface area contributed by atoms with Crippen LogP contribution in [0.2, 0.25) is 0 Å². The van der Waals surface area contributed by atoms with Gasteiger partial charge in [0.1, 0.15) is 0 Å². The Bertz CT molecular complexity index is 691. The first-order valence-electron chi connectivity index (χ1n) is 5.35. The number of hydrogen-bond donors (Lipinski definition) is 1. The number of nitrogens with zero attached hydrogens (tertiary/aromatic N) is 2. The van der Waals surface area contributed by atoms with Gasteiger partial charge in [0.05, 0.1) is 10.5 Å². The van der Waals surface area contributed by atoms with Crippen molar-refractivity contribution < 1.29 is 18.5 Å². The predicted octanol–water partition coefficient (Wildman–Crippen LogP) is 2.52. The summed E-state index contributed by atoms with van der Waals surface area (Å²) in [5.41, 5.74) is -1.12. The number of hydrogen-bond acceptors (Lipinski definition) is 4. The van der Waals surface area contributed by atoms with Crippen LogP contribution in [0.3, 0.4) is 0 Å². The second-order valence-electron chi connectivity index (χ2n) is 3.72. The maximum absolute atomic E-state index is 13.3. The van der Waals surface area contributed by atoms with Crippen LogP contribution in [-0.2, 0) is 0 Å². The summed E-state index contributed by atoms with van der Waals surface area (Å²) in [5.74, 6) is -2.83. The summed E-state index contributed by atoms with van der Waals surface area (Å²) in [5, 5.41) is 12.8. The van der Waals surface area contributed by atoms with Gasteiger partial charge in [-0.1, -0.05) is 0 Å². The number of carbonyl (C=O) groups excluding carboxylic acids is 1. The zero-order chi connectivity index (χ0) is 14.7. The van der Waals surface area contributed by atoms with Crippen LogP contribution in [0.4, 0.5) is 20.2 Å². The fourth-order valence-corrected chi connectivity index (χ4v) is 1.48. The van der Waals surface area contributed by atoms with Crippen molar-refractivity contribution in [1.82, 2.24) is 4.98 Å². The summed E-state index contributed by atoms with van der Waals surface area (Å²) in [7, 11) is 0. The molecule has 1 N–H and O–H groups in total. The van der Waals surface area contributed by atoms with E-state index in [0.29, 0.717) is 0 Å². The third-order valence-corrected chi connectivity index (χ3v) is 2.40. The van der Waals surface area contributed by atoms with E-state index < -0.39 is 28.3 Å². The fourth-order valence-electron chi connectivity index (χ4n) is 1.48. The highest BCUT2D eigenvalue weighted by atomic mass is 19.1. The van der Waals surface area contributed by atoms with Crippen LogP contribution in [0.25, 0.3) is 0 Å². The highest BCUT2D eigenvalue weighted by Gasteiger charge is 2.17. The lowest BCUT2D eigenvalue weighted by Gasteiger charge is -2.05. The summed E-state index contributed by atoms with van der Waals surface area (Å²) in [6.45, 7) is 0. The molecule has 0 unspecified atom stereocenters. The van der Waals surface area contributed by atoms with Crippen LogP contribution in [0, 0.1) is 21.9 Å².